The smallest absolute Gasteiger partial charge is 0.409 e. The van der Waals surface area contributed by atoms with Crippen LogP contribution in [-0.4, -0.2) is 9.79 Å². The average Bonchev–Trinajstić information content (AvgIpc) is 1.62. The molecule has 0 unspecified atom stereocenters. The van der Waals surface area contributed by atoms with Gasteiger partial charge >= 0.3 is 7.82 Å². The van der Waals surface area contributed by atoms with E-state index in [0.717, 1.165) is 0 Å². The van der Waals surface area contributed by atoms with Crippen LogP contribution in [-0.2, 0) is 9.09 Å². The van der Waals surface area contributed by atoms with Crippen molar-refractivity contribution in [1.29, 1.82) is 0 Å². The van der Waals surface area contributed by atoms with Crippen molar-refractivity contribution in [3.05, 3.63) is 11.8 Å². The van der Waals surface area contributed by atoms with Crippen LogP contribution in [0.1, 0.15) is 13.8 Å². The second-order valence-corrected chi connectivity index (χ2v) is 2.64. The molecule has 0 aliphatic carbocycles. The van der Waals surface area contributed by atoms with Gasteiger partial charge in [-0.1, -0.05) is 0 Å². The lowest BCUT2D eigenvalue weighted by Crippen LogP contribution is -1.83. The summed E-state index contributed by atoms with van der Waals surface area (Å²) in [5, 5.41) is 0. The molecular formula is C4H9O4P. The molecule has 0 heterocycles. The van der Waals surface area contributed by atoms with Gasteiger partial charge in [-0.15, -0.1) is 0 Å². The highest BCUT2D eigenvalue weighted by Gasteiger charge is 2.13. The molecule has 0 aromatic heterocycles. The molecule has 0 aliphatic heterocycles. The predicted octanol–water partition coefficient (Wildman–Crippen LogP) is 1.02. The van der Waals surface area contributed by atoms with Crippen molar-refractivity contribution in [3.8, 4) is 0 Å². The van der Waals surface area contributed by atoms with Crippen LogP contribution in [0.2, 0.25) is 0 Å². The summed E-state index contributed by atoms with van der Waals surface area (Å²) in [7, 11) is -4.31. The summed E-state index contributed by atoms with van der Waals surface area (Å²) < 4.78 is 14.1. The first kappa shape index (κ1) is 8.69. The van der Waals surface area contributed by atoms with E-state index in [9.17, 15) is 4.57 Å². The molecular weight excluding hydrogens is 143 g/mol. The fourth-order valence-electron chi connectivity index (χ4n) is 0.240. The number of hydrogen-bond donors (Lipinski definition) is 2. The van der Waals surface area contributed by atoms with E-state index in [1.807, 2.05) is 0 Å². The Balaban J connectivity index is 3.90. The lowest BCUT2D eigenvalue weighted by Gasteiger charge is -2.04. The monoisotopic (exact) mass is 152 g/mol. The fourth-order valence-corrected chi connectivity index (χ4v) is 0.721. The van der Waals surface area contributed by atoms with Crippen molar-refractivity contribution in [1.82, 2.24) is 0 Å². The van der Waals surface area contributed by atoms with Crippen LogP contribution in [0, 0.1) is 0 Å². The van der Waals surface area contributed by atoms with E-state index in [2.05, 4.69) is 4.52 Å². The minimum atomic E-state index is -4.31. The Labute approximate surface area is 53.4 Å². The molecule has 0 aliphatic rings. The Kier molecular flexibility index (Phi) is 2.91. The third kappa shape index (κ3) is 5.56. The second kappa shape index (κ2) is 3.01. The maximum absolute atomic E-state index is 10.0. The molecule has 0 aromatic rings. The van der Waals surface area contributed by atoms with Gasteiger partial charge in [0.05, 0.1) is 0 Å². The molecule has 0 fully saturated rings. The van der Waals surface area contributed by atoms with E-state index in [1.54, 1.807) is 6.92 Å². The Morgan fingerprint density at radius 3 is 2.22 bits per heavy atom. The minimum Gasteiger partial charge on any atom is -0.409 e. The van der Waals surface area contributed by atoms with Gasteiger partial charge in [0.25, 0.3) is 0 Å². The first-order chi connectivity index (χ1) is 3.95. The maximum Gasteiger partial charge on any atom is 0.524 e. The van der Waals surface area contributed by atoms with E-state index in [4.69, 9.17) is 9.79 Å². The Morgan fingerprint density at radius 1 is 1.67 bits per heavy atom. The van der Waals surface area contributed by atoms with E-state index in [1.165, 1.54) is 13.0 Å². The van der Waals surface area contributed by atoms with E-state index in [-0.39, 0.29) is 5.76 Å². The zero-order valence-corrected chi connectivity index (χ0v) is 6.13. The zero-order valence-electron chi connectivity index (χ0n) is 5.24. The highest BCUT2D eigenvalue weighted by Crippen LogP contribution is 2.38. The number of hydrogen-bond acceptors (Lipinski definition) is 2. The number of phosphoric acid groups is 1. The topological polar surface area (TPSA) is 66.8 Å². The molecule has 9 heavy (non-hydrogen) atoms. The van der Waals surface area contributed by atoms with Crippen LogP contribution in [0.5, 0.6) is 0 Å². The summed E-state index contributed by atoms with van der Waals surface area (Å²) in [6.45, 7) is 3.10. The Bertz CT molecular complexity index is 156. The Morgan fingerprint density at radius 2 is 2.11 bits per heavy atom. The first-order valence-corrected chi connectivity index (χ1v) is 3.87. The summed E-state index contributed by atoms with van der Waals surface area (Å²) in [6, 6.07) is 0. The second-order valence-electron chi connectivity index (χ2n) is 1.48. The molecule has 0 bridgehead atoms. The van der Waals surface area contributed by atoms with Crippen molar-refractivity contribution in [2.24, 2.45) is 0 Å². The van der Waals surface area contributed by atoms with Crippen molar-refractivity contribution in [2.75, 3.05) is 0 Å². The van der Waals surface area contributed by atoms with Gasteiger partial charge in [-0.25, -0.2) is 4.57 Å². The molecule has 0 radical (unpaired) electrons. The van der Waals surface area contributed by atoms with Crippen molar-refractivity contribution in [3.63, 3.8) is 0 Å². The van der Waals surface area contributed by atoms with Crippen LogP contribution in [0.3, 0.4) is 0 Å². The summed E-state index contributed by atoms with van der Waals surface area (Å²) in [5.41, 5.74) is 0. The van der Waals surface area contributed by atoms with Gasteiger partial charge in [0, 0.05) is 0 Å². The SMILES string of the molecule is C/C=C(/C)OP(=O)(O)O. The summed E-state index contributed by atoms with van der Waals surface area (Å²) in [4.78, 5) is 16.3. The molecule has 5 heteroatoms. The lowest BCUT2D eigenvalue weighted by atomic mass is 10.5. The third-order valence-corrected chi connectivity index (χ3v) is 1.20. The summed E-state index contributed by atoms with van der Waals surface area (Å²) >= 11 is 0. The molecule has 0 amide bonds. The van der Waals surface area contributed by atoms with E-state index < -0.39 is 7.82 Å². The van der Waals surface area contributed by atoms with Gasteiger partial charge < -0.3 is 4.52 Å². The molecule has 0 saturated heterocycles. The van der Waals surface area contributed by atoms with Crippen molar-refractivity contribution < 1.29 is 18.9 Å². The molecule has 54 valence electrons. The summed E-state index contributed by atoms with van der Waals surface area (Å²) in [6.07, 6.45) is 1.47. The van der Waals surface area contributed by atoms with Gasteiger partial charge in [-0.2, -0.15) is 0 Å². The quantitative estimate of drug-likeness (QED) is 0.458. The van der Waals surface area contributed by atoms with Gasteiger partial charge in [0.1, 0.15) is 5.76 Å². The highest BCUT2D eigenvalue weighted by atomic mass is 31.2. The van der Waals surface area contributed by atoms with E-state index >= 15 is 0 Å². The molecule has 0 atom stereocenters. The summed E-state index contributed by atoms with van der Waals surface area (Å²) in [5.74, 6) is 0.225. The Hall–Kier alpha value is -0.310. The largest absolute Gasteiger partial charge is 0.524 e. The molecule has 0 saturated carbocycles. The predicted molar refractivity (Wildman–Crippen MR) is 32.6 cm³/mol. The van der Waals surface area contributed by atoms with Gasteiger partial charge in [-0.3, -0.25) is 9.79 Å². The number of phosphoric ester groups is 1. The zero-order chi connectivity index (χ0) is 7.49. The van der Waals surface area contributed by atoms with Crippen LogP contribution >= 0.6 is 7.82 Å². The molecule has 0 rings (SSSR count). The normalized spacial score (nSPS) is 13.6. The van der Waals surface area contributed by atoms with E-state index in [0.29, 0.717) is 0 Å². The maximum atomic E-state index is 10.0. The van der Waals surface area contributed by atoms with Crippen LogP contribution < -0.4 is 0 Å². The molecule has 2 N–H and O–H groups in total. The van der Waals surface area contributed by atoms with Crippen LogP contribution in [0.15, 0.2) is 11.8 Å². The third-order valence-electron chi connectivity index (χ3n) is 0.669. The van der Waals surface area contributed by atoms with Crippen molar-refractivity contribution in [2.45, 2.75) is 13.8 Å². The van der Waals surface area contributed by atoms with Gasteiger partial charge in [0.15, 0.2) is 0 Å². The fraction of sp³-hybridized carbons (Fsp3) is 0.500. The average molecular weight is 152 g/mol. The van der Waals surface area contributed by atoms with Crippen LogP contribution in [0.25, 0.3) is 0 Å². The van der Waals surface area contributed by atoms with Gasteiger partial charge in [-0.05, 0) is 19.9 Å². The molecule has 0 aromatic carbocycles. The highest BCUT2D eigenvalue weighted by molar-refractivity contribution is 7.46. The number of rotatable bonds is 2. The lowest BCUT2D eigenvalue weighted by molar-refractivity contribution is 0.242. The van der Waals surface area contributed by atoms with Crippen molar-refractivity contribution >= 4 is 7.82 Å². The van der Waals surface area contributed by atoms with Gasteiger partial charge in [0.2, 0.25) is 0 Å². The van der Waals surface area contributed by atoms with Crippen LogP contribution in [0.4, 0.5) is 0 Å². The minimum absolute atomic E-state index is 0.225. The molecule has 4 nitrogen and oxygen atoms in total. The number of allylic oxidation sites excluding steroid dienone is 2. The molecule has 0 spiro atoms. The first-order valence-electron chi connectivity index (χ1n) is 2.34. The standard InChI is InChI=1S/C4H9O4P/c1-3-4(2)8-9(5,6)7/h3H,1-2H3,(H2,5,6,7)/b4-3-.